The van der Waals surface area contributed by atoms with Crippen LogP contribution in [0.25, 0.3) is 0 Å². The number of hydrogen-bond acceptors (Lipinski definition) is 9. The Morgan fingerprint density at radius 2 is 0.764 bits per heavy atom. The van der Waals surface area contributed by atoms with Crippen LogP contribution >= 0.6 is 0 Å². The van der Waals surface area contributed by atoms with Gasteiger partial charge in [0.05, 0.1) is 0 Å². The average Bonchev–Trinajstić information content (AvgIpc) is 3.13. The number of aromatic hydroxyl groups is 6. The van der Waals surface area contributed by atoms with Crippen molar-refractivity contribution in [3.63, 3.8) is 0 Å². The molecule has 4 saturated carbocycles. The minimum atomic E-state index is -0.186. The molecule has 0 spiro atoms. The highest BCUT2D eigenvalue weighted by Gasteiger charge is 2.62. The SMILES string of the molecule is O=C(CCC12CC3CC(CCC(=O)NCCc4ccc(O)c(O)c4)(C1)CC(CCC(=O)NCCc1ccc(O)c(O)c1)(C3)C2)NCCc1ccc(O)c(O)c1. The topological polar surface area (TPSA) is 209 Å². The molecule has 0 saturated heterocycles. The number of nitrogens with one attached hydrogen (secondary N) is 3. The van der Waals surface area contributed by atoms with Crippen molar-refractivity contribution in [3.05, 3.63) is 71.3 Å². The molecule has 4 aliphatic carbocycles. The van der Waals surface area contributed by atoms with E-state index < -0.39 is 0 Å². The third-order valence-electron chi connectivity index (χ3n) is 12.4. The van der Waals surface area contributed by atoms with Crippen LogP contribution in [0.5, 0.6) is 34.5 Å². The van der Waals surface area contributed by atoms with E-state index in [2.05, 4.69) is 16.0 Å². The lowest BCUT2D eigenvalue weighted by atomic mass is 9.37. The van der Waals surface area contributed by atoms with Crippen LogP contribution < -0.4 is 16.0 Å². The summed E-state index contributed by atoms with van der Waals surface area (Å²) in [7, 11) is 0. The molecule has 3 aromatic carbocycles. The summed E-state index contributed by atoms with van der Waals surface area (Å²) >= 11 is 0. The summed E-state index contributed by atoms with van der Waals surface area (Å²) in [5.41, 5.74) is 2.30. The van der Waals surface area contributed by atoms with Crippen molar-refractivity contribution in [2.24, 2.45) is 22.2 Å². The van der Waals surface area contributed by atoms with Crippen LogP contribution in [0.1, 0.15) is 93.7 Å². The molecule has 0 unspecified atom stereocenters. The van der Waals surface area contributed by atoms with Crippen molar-refractivity contribution >= 4 is 17.7 Å². The quantitative estimate of drug-likeness (QED) is 0.0740. The van der Waals surface area contributed by atoms with Crippen LogP contribution in [0.15, 0.2) is 54.6 Å². The maximum atomic E-state index is 13.2. The molecule has 0 aliphatic heterocycles. The Bertz CT molecular complexity index is 1660. The summed E-state index contributed by atoms with van der Waals surface area (Å²) in [6, 6.07) is 14.0. The molecule has 296 valence electrons. The third kappa shape index (κ3) is 10.1. The maximum absolute atomic E-state index is 13.2. The highest BCUT2D eigenvalue weighted by molar-refractivity contribution is 5.77. The second-order valence-corrected chi connectivity index (χ2v) is 16.8. The Hall–Kier alpha value is -5.13. The zero-order chi connectivity index (χ0) is 39.2. The average molecular weight is 758 g/mol. The van der Waals surface area contributed by atoms with Crippen molar-refractivity contribution in [1.29, 1.82) is 0 Å². The van der Waals surface area contributed by atoms with Crippen LogP contribution in [0, 0.1) is 22.2 Å². The molecule has 0 radical (unpaired) electrons. The zero-order valence-electron chi connectivity index (χ0n) is 31.4. The second-order valence-electron chi connectivity index (χ2n) is 16.8. The van der Waals surface area contributed by atoms with Gasteiger partial charge in [-0.2, -0.15) is 0 Å². The minimum Gasteiger partial charge on any atom is -0.504 e. The molecule has 0 aromatic heterocycles. The number of rotatable bonds is 18. The van der Waals surface area contributed by atoms with E-state index in [-0.39, 0.29) is 68.5 Å². The van der Waals surface area contributed by atoms with Gasteiger partial charge in [-0.25, -0.2) is 0 Å². The number of phenols is 6. The molecular formula is C43H55N3O9. The van der Waals surface area contributed by atoms with Crippen molar-refractivity contribution in [3.8, 4) is 34.5 Å². The summed E-state index contributed by atoms with van der Waals surface area (Å²) in [6.07, 6.45) is 11.0. The standard InChI is InChI=1S/C43H55N3O9/c47-32-4-1-28(19-35(32)50)10-16-44-38(53)7-13-41-22-31-23-42(25-41,14-8-39(54)45-17-11-29-2-5-33(48)36(51)20-29)27-43(24-31,26-41)15-9-40(55)46-18-12-30-3-6-34(49)37(52)21-30/h1-6,19-21,31,47-52H,7-18,22-27H2,(H,44,53)(H,45,54)(H,46,55). The molecule has 9 N–H and O–H groups in total. The Balaban J connectivity index is 1.06. The molecule has 7 rings (SSSR count). The third-order valence-corrected chi connectivity index (χ3v) is 12.4. The Labute approximate surface area is 322 Å². The predicted molar refractivity (Wildman–Crippen MR) is 206 cm³/mol. The first-order valence-electron chi connectivity index (χ1n) is 19.6. The summed E-state index contributed by atoms with van der Waals surface area (Å²) in [6.45, 7) is 1.25. The van der Waals surface area contributed by atoms with Gasteiger partial charge in [-0.05, 0) is 152 Å². The molecule has 12 heteroatoms. The minimum absolute atomic E-state index is 0.0236. The monoisotopic (exact) mass is 757 g/mol. The molecular weight excluding hydrogens is 702 g/mol. The van der Waals surface area contributed by atoms with Gasteiger partial charge in [-0.1, -0.05) is 18.2 Å². The normalized spacial score (nSPS) is 23.7. The first-order chi connectivity index (χ1) is 26.2. The summed E-state index contributed by atoms with van der Waals surface area (Å²) in [5.74, 6) is -0.701. The molecule has 3 amide bonds. The fraction of sp³-hybridized carbons (Fsp3) is 0.512. The van der Waals surface area contributed by atoms with Crippen molar-refractivity contribution < 1.29 is 45.0 Å². The number of amides is 3. The van der Waals surface area contributed by atoms with Gasteiger partial charge in [0.15, 0.2) is 34.5 Å². The van der Waals surface area contributed by atoms with Crippen LogP contribution in [0.2, 0.25) is 0 Å². The lowest BCUT2D eigenvalue weighted by Gasteiger charge is -2.67. The largest absolute Gasteiger partial charge is 0.504 e. The number of benzene rings is 3. The molecule has 0 atom stereocenters. The van der Waals surface area contributed by atoms with Crippen LogP contribution in [0.4, 0.5) is 0 Å². The van der Waals surface area contributed by atoms with Crippen molar-refractivity contribution in [2.75, 3.05) is 19.6 Å². The van der Waals surface area contributed by atoms with Gasteiger partial charge in [0, 0.05) is 38.9 Å². The maximum Gasteiger partial charge on any atom is 0.220 e. The molecule has 12 nitrogen and oxygen atoms in total. The van der Waals surface area contributed by atoms with Crippen molar-refractivity contribution in [1.82, 2.24) is 16.0 Å². The fourth-order valence-corrected chi connectivity index (χ4v) is 10.5. The van der Waals surface area contributed by atoms with Gasteiger partial charge in [0.1, 0.15) is 0 Å². The molecule has 3 aromatic rings. The van der Waals surface area contributed by atoms with E-state index in [4.69, 9.17) is 0 Å². The lowest BCUT2D eigenvalue weighted by molar-refractivity contribution is -0.171. The number of hydrogen-bond donors (Lipinski definition) is 9. The summed E-state index contributed by atoms with van der Waals surface area (Å²) in [5, 5.41) is 67.3. The Morgan fingerprint density at radius 1 is 0.473 bits per heavy atom. The van der Waals surface area contributed by atoms with E-state index in [1.54, 1.807) is 18.2 Å². The molecule has 55 heavy (non-hydrogen) atoms. The van der Waals surface area contributed by atoms with Crippen LogP contribution in [0.3, 0.4) is 0 Å². The summed E-state index contributed by atoms with van der Waals surface area (Å²) in [4.78, 5) is 39.5. The van der Waals surface area contributed by atoms with Gasteiger partial charge in [0.2, 0.25) is 17.7 Å². The van der Waals surface area contributed by atoms with Gasteiger partial charge in [-0.3, -0.25) is 14.4 Å². The van der Waals surface area contributed by atoms with E-state index in [0.29, 0.717) is 64.1 Å². The second kappa shape index (κ2) is 16.7. The smallest absolute Gasteiger partial charge is 0.220 e. The van der Waals surface area contributed by atoms with E-state index in [1.165, 1.54) is 36.4 Å². The molecule has 4 aliphatic rings. The highest BCUT2D eigenvalue weighted by atomic mass is 16.3. The highest BCUT2D eigenvalue weighted by Crippen LogP contribution is 2.73. The Morgan fingerprint density at radius 3 is 1.04 bits per heavy atom. The lowest BCUT2D eigenvalue weighted by Crippen LogP contribution is -2.57. The first kappa shape index (κ1) is 39.6. The van der Waals surface area contributed by atoms with Crippen LogP contribution in [-0.2, 0) is 33.6 Å². The van der Waals surface area contributed by atoms with Gasteiger partial charge >= 0.3 is 0 Å². The van der Waals surface area contributed by atoms with Crippen LogP contribution in [-0.4, -0.2) is 68.0 Å². The summed E-state index contributed by atoms with van der Waals surface area (Å²) < 4.78 is 0. The van der Waals surface area contributed by atoms with E-state index in [9.17, 15) is 45.0 Å². The van der Waals surface area contributed by atoms with Crippen molar-refractivity contribution in [2.45, 2.75) is 96.3 Å². The van der Waals surface area contributed by atoms with E-state index in [0.717, 1.165) is 74.5 Å². The van der Waals surface area contributed by atoms with Gasteiger partial charge in [-0.15, -0.1) is 0 Å². The predicted octanol–water partition coefficient (Wildman–Crippen LogP) is 5.59. The number of phenolic OH excluding ortho intramolecular Hbond substituents is 6. The number of carbonyl (C=O) groups excluding carboxylic acids is 3. The van der Waals surface area contributed by atoms with Gasteiger partial charge in [0.25, 0.3) is 0 Å². The van der Waals surface area contributed by atoms with Gasteiger partial charge < -0.3 is 46.6 Å². The zero-order valence-corrected chi connectivity index (χ0v) is 31.4. The first-order valence-corrected chi connectivity index (χ1v) is 19.6. The number of carbonyl (C=O) groups is 3. The molecule has 4 bridgehead atoms. The van der Waals surface area contributed by atoms with E-state index >= 15 is 0 Å². The fourth-order valence-electron chi connectivity index (χ4n) is 10.5. The van der Waals surface area contributed by atoms with E-state index in [1.807, 2.05) is 0 Å². The Kier molecular flexibility index (Phi) is 12.0. The molecule has 0 heterocycles. The molecule has 4 fully saturated rings.